The molecule has 1 aromatic rings. The summed E-state index contributed by atoms with van der Waals surface area (Å²) in [5.74, 6) is 1.71. The third kappa shape index (κ3) is 5.62. The molecule has 0 fully saturated rings. The Morgan fingerprint density at radius 1 is 1.17 bits per heavy atom. The van der Waals surface area contributed by atoms with Crippen LogP contribution in [0.3, 0.4) is 0 Å². The van der Waals surface area contributed by atoms with E-state index < -0.39 is 0 Å². The largest absolute Gasteiger partial charge is 0.496 e. The van der Waals surface area contributed by atoms with Gasteiger partial charge in [-0.15, -0.1) is 11.8 Å². The van der Waals surface area contributed by atoms with Gasteiger partial charge in [0.1, 0.15) is 5.75 Å². The summed E-state index contributed by atoms with van der Waals surface area (Å²) >= 11 is 1.71. The Labute approximate surface area is 113 Å². The molecule has 0 unspecified atom stereocenters. The van der Waals surface area contributed by atoms with Crippen molar-refractivity contribution in [3.8, 4) is 5.75 Å². The lowest BCUT2D eigenvalue weighted by molar-refractivity contribution is 0.113. The summed E-state index contributed by atoms with van der Waals surface area (Å²) in [6.07, 6.45) is 0.937. The Bertz CT molecular complexity index is 347. The molecule has 0 amide bonds. The molecule has 102 valence electrons. The van der Waals surface area contributed by atoms with Crippen molar-refractivity contribution in [2.45, 2.75) is 11.3 Å². The highest BCUT2D eigenvalue weighted by molar-refractivity contribution is 7.99. The van der Waals surface area contributed by atoms with Gasteiger partial charge in [0.25, 0.3) is 0 Å². The SMILES string of the molecule is COCCCOCCSc1ccc(N)cc1OC. The summed E-state index contributed by atoms with van der Waals surface area (Å²) in [5.41, 5.74) is 6.41. The first kappa shape index (κ1) is 15.1. The number of benzene rings is 1. The van der Waals surface area contributed by atoms with Gasteiger partial charge in [0.15, 0.2) is 0 Å². The van der Waals surface area contributed by atoms with Crippen molar-refractivity contribution in [2.24, 2.45) is 0 Å². The maximum absolute atomic E-state index is 5.70. The van der Waals surface area contributed by atoms with Crippen LogP contribution in [-0.2, 0) is 9.47 Å². The standard InChI is InChI=1S/C13H21NO3S/c1-15-6-3-7-17-8-9-18-13-5-4-11(14)10-12(13)16-2/h4-5,10H,3,6-9,14H2,1-2H3. The normalized spacial score (nSPS) is 10.6. The topological polar surface area (TPSA) is 53.7 Å². The average Bonchev–Trinajstić information content (AvgIpc) is 2.39. The van der Waals surface area contributed by atoms with E-state index in [-0.39, 0.29) is 0 Å². The highest BCUT2D eigenvalue weighted by Crippen LogP contribution is 2.30. The molecular formula is C13H21NO3S. The minimum Gasteiger partial charge on any atom is -0.496 e. The van der Waals surface area contributed by atoms with E-state index in [4.69, 9.17) is 19.9 Å². The van der Waals surface area contributed by atoms with Gasteiger partial charge in [0.2, 0.25) is 0 Å². The summed E-state index contributed by atoms with van der Waals surface area (Å²) in [5, 5.41) is 0. The fourth-order valence-electron chi connectivity index (χ4n) is 1.42. The van der Waals surface area contributed by atoms with E-state index in [9.17, 15) is 0 Å². The van der Waals surface area contributed by atoms with Gasteiger partial charge in [-0.2, -0.15) is 0 Å². The third-order valence-electron chi connectivity index (χ3n) is 2.31. The second kappa shape index (κ2) is 9.08. The summed E-state index contributed by atoms with van der Waals surface area (Å²) in [6, 6.07) is 5.69. The van der Waals surface area contributed by atoms with Crippen molar-refractivity contribution < 1.29 is 14.2 Å². The third-order valence-corrected chi connectivity index (χ3v) is 3.33. The molecule has 0 aromatic heterocycles. The molecule has 0 bridgehead atoms. The molecule has 0 aliphatic rings. The first-order chi connectivity index (χ1) is 8.77. The number of methoxy groups -OCH3 is 2. The van der Waals surface area contributed by atoms with E-state index in [0.29, 0.717) is 5.69 Å². The highest BCUT2D eigenvalue weighted by atomic mass is 32.2. The van der Waals surface area contributed by atoms with Crippen LogP contribution in [0.4, 0.5) is 5.69 Å². The lowest BCUT2D eigenvalue weighted by atomic mass is 10.3. The molecular weight excluding hydrogens is 250 g/mol. The Balaban J connectivity index is 2.22. The molecule has 18 heavy (non-hydrogen) atoms. The van der Waals surface area contributed by atoms with Gasteiger partial charge < -0.3 is 19.9 Å². The molecule has 0 atom stereocenters. The quantitative estimate of drug-likeness (QED) is 0.425. The van der Waals surface area contributed by atoms with Crippen LogP contribution >= 0.6 is 11.8 Å². The number of nitrogen functional groups attached to an aromatic ring is 1. The molecule has 0 heterocycles. The first-order valence-corrected chi connectivity index (χ1v) is 6.89. The number of anilines is 1. The molecule has 0 saturated carbocycles. The zero-order valence-electron chi connectivity index (χ0n) is 11.0. The lowest BCUT2D eigenvalue weighted by Crippen LogP contribution is -2.02. The minimum atomic E-state index is 0.715. The van der Waals surface area contributed by atoms with Gasteiger partial charge in [-0.3, -0.25) is 0 Å². The van der Waals surface area contributed by atoms with Crippen molar-refractivity contribution >= 4 is 17.4 Å². The molecule has 0 radical (unpaired) electrons. The molecule has 4 nitrogen and oxygen atoms in total. The predicted molar refractivity (Wildman–Crippen MR) is 75.4 cm³/mol. The van der Waals surface area contributed by atoms with Crippen molar-refractivity contribution in [3.05, 3.63) is 18.2 Å². The fourth-order valence-corrected chi connectivity index (χ4v) is 2.29. The molecule has 0 aliphatic heterocycles. The Kier molecular flexibility index (Phi) is 7.64. The monoisotopic (exact) mass is 271 g/mol. The van der Waals surface area contributed by atoms with E-state index in [1.54, 1.807) is 26.0 Å². The van der Waals surface area contributed by atoms with Crippen LogP contribution in [0.15, 0.2) is 23.1 Å². The van der Waals surface area contributed by atoms with Gasteiger partial charge >= 0.3 is 0 Å². The number of rotatable bonds is 9. The van der Waals surface area contributed by atoms with Crippen molar-refractivity contribution in [1.29, 1.82) is 0 Å². The van der Waals surface area contributed by atoms with E-state index in [2.05, 4.69) is 0 Å². The van der Waals surface area contributed by atoms with Crippen LogP contribution in [0, 0.1) is 0 Å². The zero-order valence-corrected chi connectivity index (χ0v) is 11.8. The van der Waals surface area contributed by atoms with Gasteiger partial charge in [0.05, 0.1) is 13.7 Å². The maximum Gasteiger partial charge on any atom is 0.134 e. The minimum absolute atomic E-state index is 0.715. The van der Waals surface area contributed by atoms with Crippen LogP contribution in [-0.4, -0.2) is 39.8 Å². The van der Waals surface area contributed by atoms with Gasteiger partial charge in [-0.25, -0.2) is 0 Å². The average molecular weight is 271 g/mol. The van der Waals surface area contributed by atoms with Gasteiger partial charge in [0, 0.05) is 42.7 Å². The van der Waals surface area contributed by atoms with Crippen molar-refractivity contribution in [3.63, 3.8) is 0 Å². The van der Waals surface area contributed by atoms with Crippen LogP contribution < -0.4 is 10.5 Å². The summed E-state index contributed by atoms with van der Waals surface area (Å²) < 4.78 is 15.7. The van der Waals surface area contributed by atoms with Crippen LogP contribution in [0.1, 0.15) is 6.42 Å². The Morgan fingerprint density at radius 2 is 2.00 bits per heavy atom. The summed E-state index contributed by atoms with van der Waals surface area (Å²) in [4.78, 5) is 1.09. The number of hydrogen-bond acceptors (Lipinski definition) is 5. The number of thioether (sulfide) groups is 1. The zero-order chi connectivity index (χ0) is 13.2. The lowest BCUT2D eigenvalue weighted by Gasteiger charge is -2.09. The number of hydrogen-bond donors (Lipinski definition) is 1. The Morgan fingerprint density at radius 3 is 2.72 bits per heavy atom. The van der Waals surface area contributed by atoms with E-state index >= 15 is 0 Å². The molecule has 0 aliphatic carbocycles. The second-order valence-corrected chi connectivity index (χ2v) is 4.85. The molecule has 0 spiro atoms. The molecule has 2 N–H and O–H groups in total. The fraction of sp³-hybridized carbons (Fsp3) is 0.538. The van der Waals surface area contributed by atoms with Crippen molar-refractivity contribution in [2.75, 3.05) is 45.5 Å². The summed E-state index contributed by atoms with van der Waals surface area (Å²) in [6.45, 7) is 2.22. The van der Waals surface area contributed by atoms with Gasteiger partial charge in [-0.05, 0) is 18.6 Å². The van der Waals surface area contributed by atoms with E-state index in [1.165, 1.54) is 0 Å². The molecule has 1 aromatic carbocycles. The molecule has 0 saturated heterocycles. The Hall–Kier alpha value is -0.910. The first-order valence-electron chi connectivity index (χ1n) is 5.91. The highest BCUT2D eigenvalue weighted by Gasteiger charge is 2.03. The smallest absolute Gasteiger partial charge is 0.134 e. The molecule has 5 heteroatoms. The summed E-state index contributed by atoms with van der Waals surface area (Å²) in [7, 11) is 3.35. The maximum atomic E-state index is 5.70. The van der Waals surface area contributed by atoms with Crippen LogP contribution in [0.25, 0.3) is 0 Å². The number of nitrogens with two attached hydrogens (primary N) is 1. The van der Waals surface area contributed by atoms with Crippen molar-refractivity contribution in [1.82, 2.24) is 0 Å². The molecule has 1 rings (SSSR count). The van der Waals surface area contributed by atoms with E-state index in [1.807, 2.05) is 18.2 Å². The van der Waals surface area contributed by atoms with E-state index in [0.717, 1.165) is 42.6 Å². The predicted octanol–water partition coefficient (Wildman–Crippen LogP) is 2.42. The number of ether oxygens (including phenoxy) is 3. The second-order valence-electron chi connectivity index (χ2n) is 3.72. The van der Waals surface area contributed by atoms with Crippen LogP contribution in [0.2, 0.25) is 0 Å². The van der Waals surface area contributed by atoms with Crippen LogP contribution in [0.5, 0.6) is 5.75 Å². The van der Waals surface area contributed by atoms with Gasteiger partial charge in [-0.1, -0.05) is 0 Å².